The van der Waals surface area contributed by atoms with Crippen molar-refractivity contribution in [3.05, 3.63) is 0 Å². The molecular formula is C10H19NO4S. The van der Waals surface area contributed by atoms with Gasteiger partial charge in [0.15, 0.2) is 0 Å². The van der Waals surface area contributed by atoms with Gasteiger partial charge in [-0.1, -0.05) is 6.92 Å². The zero-order valence-electron chi connectivity index (χ0n) is 9.81. The lowest BCUT2D eigenvalue weighted by Crippen LogP contribution is -2.39. The second-order valence-electron chi connectivity index (χ2n) is 4.17. The Hall–Kier alpha value is -0.620. The normalized spacial score (nSPS) is 18.8. The van der Waals surface area contributed by atoms with E-state index in [1.807, 2.05) is 11.8 Å². The van der Waals surface area contributed by atoms with Crippen LogP contribution in [0.15, 0.2) is 0 Å². The average Bonchev–Trinajstić information content (AvgIpc) is 2.25. The van der Waals surface area contributed by atoms with E-state index in [0.29, 0.717) is 19.5 Å². The molecule has 0 spiro atoms. The molecule has 0 radical (unpaired) electrons. The molecule has 6 heteroatoms. The molecule has 1 saturated heterocycles. The van der Waals surface area contributed by atoms with Crippen molar-refractivity contribution in [1.82, 2.24) is 4.90 Å². The first-order valence-corrected chi connectivity index (χ1v) is 7.36. The Balaban J connectivity index is 2.30. The van der Waals surface area contributed by atoms with Crippen LogP contribution in [0.4, 0.5) is 0 Å². The van der Waals surface area contributed by atoms with Crippen LogP contribution in [-0.2, 0) is 19.1 Å². The second kappa shape index (κ2) is 5.63. The molecule has 0 aromatic carbocycles. The van der Waals surface area contributed by atoms with Gasteiger partial charge in [0, 0.05) is 19.5 Å². The largest absolute Gasteiger partial charge is 0.343 e. The third-order valence-corrected chi connectivity index (χ3v) is 3.35. The molecule has 0 atom stereocenters. The lowest BCUT2D eigenvalue weighted by Gasteiger charge is -2.31. The Morgan fingerprint density at radius 2 is 1.94 bits per heavy atom. The summed E-state index contributed by atoms with van der Waals surface area (Å²) >= 11 is 0. The molecule has 0 aromatic rings. The van der Waals surface area contributed by atoms with E-state index in [-0.39, 0.29) is 18.4 Å². The molecule has 0 aromatic heterocycles. The minimum Gasteiger partial charge on any atom is -0.343 e. The smallest absolute Gasteiger partial charge is 0.264 e. The predicted molar refractivity (Wildman–Crippen MR) is 60.4 cm³/mol. The van der Waals surface area contributed by atoms with E-state index in [1.165, 1.54) is 0 Å². The number of carbonyl (C=O) groups excluding carboxylic acids is 1. The summed E-state index contributed by atoms with van der Waals surface area (Å²) in [5.41, 5.74) is 0. The van der Waals surface area contributed by atoms with Crippen LogP contribution in [0, 0.1) is 5.92 Å². The van der Waals surface area contributed by atoms with Crippen LogP contribution in [-0.4, -0.2) is 45.2 Å². The third-order valence-electron chi connectivity index (χ3n) is 2.79. The fourth-order valence-corrected chi connectivity index (χ4v) is 2.23. The van der Waals surface area contributed by atoms with Crippen molar-refractivity contribution in [2.24, 2.45) is 5.92 Å². The highest BCUT2D eigenvalue weighted by atomic mass is 32.2. The topological polar surface area (TPSA) is 63.7 Å². The maximum absolute atomic E-state index is 11.4. The number of likely N-dealkylation sites (tertiary alicyclic amines) is 1. The maximum Gasteiger partial charge on any atom is 0.264 e. The fourth-order valence-electron chi connectivity index (χ4n) is 1.79. The van der Waals surface area contributed by atoms with Crippen LogP contribution in [0.2, 0.25) is 0 Å². The molecule has 1 rings (SSSR count). The van der Waals surface area contributed by atoms with E-state index >= 15 is 0 Å². The van der Waals surface area contributed by atoms with Gasteiger partial charge in [0.2, 0.25) is 5.91 Å². The molecule has 0 saturated carbocycles. The van der Waals surface area contributed by atoms with Gasteiger partial charge in [-0.05, 0) is 18.8 Å². The number of hydrogen-bond donors (Lipinski definition) is 0. The lowest BCUT2D eigenvalue weighted by molar-refractivity contribution is -0.132. The number of nitrogens with zero attached hydrogens (tertiary/aromatic N) is 1. The maximum atomic E-state index is 11.4. The van der Waals surface area contributed by atoms with Crippen LogP contribution in [0.5, 0.6) is 0 Å². The van der Waals surface area contributed by atoms with Gasteiger partial charge in [-0.15, -0.1) is 0 Å². The standard InChI is InChI=1S/C10H19NO4S/c1-3-10(12)11-6-4-9(5-7-11)8-15-16(2,13)14/h9H,3-8H2,1-2H3. The van der Waals surface area contributed by atoms with Crippen molar-refractivity contribution in [1.29, 1.82) is 0 Å². The summed E-state index contributed by atoms with van der Waals surface area (Å²) in [6.45, 7) is 3.52. The Morgan fingerprint density at radius 1 is 1.38 bits per heavy atom. The first-order chi connectivity index (χ1) is 7.42. The van der Waals surface area contributed by atoms with Gasteiger partial charge in [0.1, 0.15) is 0 Å². The summed E-state index contributed by atoms with van der Waals surface area (Å²) in [5.74, 6) is 0.415. The average molecular weight is 249 g/mol. The summed E-state index contributed by atoms with van der Waals surface area (Å²) in [5, 5.41) is 0. The number of rotatable bonds is 4. The van der Waals surface area contributed by atoms with E-state index in [9.17, 15) is 13.2 Å². The molecule has 1 amide bonds. The van der Waals surface area contributed by atoms with Crippen LogP contribution in [0.3, 0.4) is 0 Å². The van der Waals surface area contributed by atoms with Crippen molar-refractivity contribution in [3.63, 3.8) is 0 Å². The Morgan fingerprint density at radius 3 is 2.38 bits per heavy atom. The zero-order chi connectivity index (χ0) is 12.2. The highest BCUT2D eigenvalue weighted by Gasteiger charge is 2.22. The number of hydrogen-bond acceptors (Lipinski definition) is 4. The van der Waals surface area contributed by atoms with Gasteiger partial charge >= 0.3 is 0 Å². The summed E-state index contributed by atoms with van der Waals surface area (Å²) < 4.78 is 26.4. The van der Waals surface area contributed by atoms with Crippen LogP contribution in [0.25, 0.3) is 0 Å². The van der Waals surface area contributed by atoms with Gasteiger partial charge in [-0.2, -0.15) is 8.42 Å². The zero-order valence-corrected chi connectivity index (χ0v) is 10.6. The Kier molecular flexibility index (Phi) is 4.73. The van der Waals surface area contributed by atoms with Gasteiger partial charge in [0.25, 0.3) is 10.1 Å². The van der Waals surface area contributed by atoms with Gasteiger partial charge in [-0.3, -0.25) is 8.98 Å². The summed E-state index contributed by atoms with van der Waals surface area (Å²) in [7, 11) is -3.34. The summed E-state index contributed by atoms with van der Waals surface area (Å²) in [6.07, 6.45) is 3.23. The third kappa shape index (κ3) is 4.49. The summed E-state index contributed by atoms with van der Waals surface area (Å²) in [6, 6.07) is 0. The second-order valence-corrected chi connectivity index (χ2v) is 5.81. The van der Waals surface area contributed by atoms with Gasteiger partial charge in [-0.25, -0.2) is 0 Å². The molecule has 0 bridgehead atoms. The minimum absolute atomic E-state index is 0.169. The van der Waals surface area contributed by atoms with Gasteiger partial charge < -0.3 is 4.90 Å². The minimum atomic E-state index is -3.34. The van der Waals surface area contributed by atoms with Crippen molar-refractivity contribution in [2.75, 3.05) is 26.0 Å². The van der Waals surface area contributed by atoms with E-state index < -0.39 is 10.1 Å². The van der Waals surface area contributed by atoms with E-state index in [1.54, 1.807) is 0 Å². The first-order valence-electron chi connectivity index (χ1n) is 5.54. The Labute approximate surface area is 96.9 Å². The van der Waals surface area contributed by atoms with Crippen LogP contribution >= 0.6 is 0 Å². The van der Waals surface area contributed by atoms with Crippen molar-refractivity contribution in [2.45, 2.75) is 26.2 Å². The van der Waals surface area contributed by atoms with Gasteiger partial charge in [0.05, 0.1) is 12.9 Å². The molecule has 5 nitrogen and oxygen atoms in total. The molecule has 0 N–H and O–H groups in total. The molecule has 1 heterocycles. The van der Waals surface area contributed by atoms with E-state index in [0.717, 1.165) is 19.1 Å². The Bertz CT molecular complexity index is 331. The van der Waals surface area contributed by atoms with Crippen molar-refractivity contribution >= 4 is 16.0 Å². The molecule has 1 aliphatic heterocycles. The van der Waals surface area contributed by atoms with Crippen molar-refractivity contribution in [3.8, 4) is 0 Å². The molecule has 94 valence electrons. The monoisotopic (exact) mass is 249 g/mol. The predicted octanol–water partition coefficient (Wildman–Crippen LogP) is 0.611. The SMILES string of the molecule is CCC(=O)N1CCC(COS(C)(=O)=O)CC1. The lowest BCUT2D eigenvalue weighted by atomic mass is 9.98. The molecular weight excluding hydrogens is 230 g/mol. The first kappa shape index (κ1) is 13.4. The number of piperidine rings is 1. The molecule has 1 fully saturated rings. The van der Waals surface area contributed by atoms with Crippen LogP contribution < -0.4 is 0 Å². The summed E-state index contributed by atoms with van der Waals surface area (Å²) in [4.78, 5) is 13.2. The highest BCUT2D eigenvalue weighted by Crippen LogP contribution is 2.18. The quantitative estimate of drug-likeness (QED) is 0.685. The highest BCUT2D eigenvalue weighted by molar-refractivity contribution is 7.85. The molecule has 16 heavy (non-hydrogen) atoms. The van der Waals surface area contributed by atoms with E-state index in [4.69, 9.17) is 4.18 Å². The molecule has 1 aliphatic rings. The van der Waals surface area contributed by atoms with E-state index in [2.05, 4.69) is 0 Å². The number of carbonyl (C=O) groups is 1. The van der Waals surface area contributed by atoms with Crippen LogP contribution in [0.1, 0.15) is 26.2 Å². The molecule has 0 aliphatic carbocycles. The van der Waals surface area contributed by atoms with Crippen molar-refractivity contribution < 1.29 is 17.4 Å². The molecule has 0 unspecified atom stereocenters. The fraction of sp³-hybridized carbons (Fsp3) is 0.900. The number of amides is 1.